The van der Waals surface area contributed by atoms with Gasteiger partial charge in [0, 0.05) is 48.8 Å². The zero-order valence-corrected chi connectivity index (χ0v) is 20.2. The van der Waals surface area contributed by atoms with Gasteiger partial charge in [-0.05, 0) is 42.9 Å². The number of carbonyl (C=O) groups excluding carboxylic acids is 1. The number of carbonyl (C=O) groups is 1. The molecule has 0 bridgehead atoms. The maximum absolute atomic E-state index is 12.8. The van der Waals surface area contributed by atoms with Crippen LogP contribution in [-0.2, 0) is 19.4 Å². The van der Waals surface area contributed by atoms with Crippen molar-refractivity contribution in [2.24, 2.45) is 5.92 Å². The molecule has 1 fully saturated rings. The molecule has 178 valence electrons. The Labute approximate surface area is 200 Å². The van der Waals surface area contributed by atoms with Gasteiger partial charge >= 0.3 is 0 Å². The lowest BCUT2D eigenvalue weighted by Crippen LogP contribution is -2.29. The molecular weight excluding hydrogens is 450 g/mol. The Kier molecular flexibility index (Phi) is 7.15. The number of hydrogen-bond acceptors (Lipinski definition) is 6. The molecule has 3 aliphatic rings. The van der Waals surface area contributed by atoms with Gasteiger partial charge in [0.15, 0.2) is 9.84 Å². The molecule has 1 saturated heterocycles. The fraction of sp³-hybridized carbons (Fsp3) is 0.423. The first-order valence-electron chi connectivity index (χ1n) is 11.5. The summed E-state index contributed by atoms with van der Waals surface area (Å²) in [6.45, 7) is 3.46. The SMILES string of the molecule is CC1C=CC(NC(=O)C2=CC=CC(S(C)(=O)=O)C2)=CC1c1cnc(C2CCOCC2)c(C#N)c1. The molecule has 3 atom stereocenters. The lowest BCUT2D eigenvalue weighted by Gasteiger charge is -2.26. The largest absolute Gasteiger partial charge is 0.381 e. The van der Waals surface area contributed by atoms with Crippen LogP contribution in [0.5, 0.6) is 0 Å². The van der Waals surface area contributed by atoms with E-state index in [-0.39, 0.29) is 30.1 Å². The molecule has 1 N–H and O–H groups in total. The van der Waals surface area contributed by atoms with Crippen molar-refractivity contribution in [2.75, 3.05) is 19.5 Å². The highest BCUT2D eigenvalue weighted by Gasteiger charge is 2.27. The minimum absolute atomic E-state index is 0.0485. The third-order valence-electron chi connectivity index (χ3n) is 6.70. The van der Waals surface area contributed by atoms with Gasteiger partial charge in [0.25, 0.3) is 5.91 Å². The second-order valence-corrected chi connectivity index (χ2v) is 11.4. The fourth-order valence-corrected chi connectivity index (χ4v) is 5.50. The zero-order valence-electron chi connectivity index (χ0n) is 19.4. The summed E-state index contributed by atoms with van der Waals surface area (Å²) >= 11 is 0. The monoisotopic (exact) mass is 479 g/mol. The standard InChI is InChI=1S/C26H29N3O4S/c1-17-6-7-22(29-26(30)19-4-3-5-23(13-19)34(2,31)32)14-24(17)21-12-20(15-27)25(28-16-21)18-8-10-33-11-9-18/h3-7,12,14,16-18,23-24H,8-11,13H2,1-2H3,(H,29,30). The first-order valence-corrected chi connectivity index (χ1v) is 13.5. The molecule has 3 unspecified atom stereocenters. The third kappa shape index (κ3) is 5.37. The Morgan fingerprint density at radius 3 is 2.74 bits per heavy atom. The van der Waals surface area contributed by atoms with Crippen LogP contribution in [0.2, 0.25) is 0 Å². The van der Waals surface area contributed by atoms with Crippen molar-refractivity contribution in [3.8, 4) is 6.07 Å². The van der Waals surface area contributed by atoms with Crippen LogP contribution < -0.4 is 5.32 Å². The van der Waals surface area contributed by atoms with Crippen molar-refractivity contribution in [3.63, 3.8) is 0 Å². The highest BCUT2D eigenvalue weighted by Crippen LogP contribution is 2.34. The summed E-state index contributed by atoms with van der Waals surface area (Å²) < 4.78 is 29.2. The van der Waals surface area contributed by atoms with Gasteiger partial charge in [0.2, 0.25) is 0 Å². The summed E-state index contributed by atoms with van der Waals surface area (Å²) in [6.07, 6.45) is 15.6. The summed E-state index contributed by atoms with van der Waals surface area (Å²) in [4.78, 5) is 17.5. The Hall–Kier alpha value is -3.02. The molecule has 1 aliphatic heterocycles. The van der Waals surface area contributed by atoms with Crippen molar-refractivity contribution in [3.05, 3.63) is 76.8 Å². The van der Waals surface area contributed by atoms with Crippen LogP contribution in [-0.4, -0.2) is 44.0 Å². The highest BCUT2D eigenvalue weighted by molar-refractivity contribution is 7.91. The molecule has 2 heterocycles. The van der Waals surface area contributed by atoms with Crippen LogP contribution in [0.1, 0.15) is 54.8 Å². The van der Waals surface area contributed by atoms with Gasteiger partial charge in [-0.1, -0.05) is 37.3 Å². The lowest BCUT2D eigenvalue weighted by atomic mass is 9.82. The van der Waals surface area contributed by atoms with Crippen LogP contribution in [0.25, 0.3) is 0 Å². The molecule has 0 saturated carbocycles. The van der Waals surface area contributed by atoms with E-state index in [1.165, 1.54) is 6.26 Å². The van der Waals surface area contributed by atoms with E-state index in [1.807, 2.05) is 30.5 Å². The Bertz CT molecular complexity index is 1230. The smallest absolute Gasteiger partial charge is 0.251 e. The Morgan fingerprint density at radius 2 is 2.03 bits per heavy atom. The number of amides is 1. The second kappa shape index (κ2) is 10.1. The van der Waals surface area contributed by atoms with E-state index in [9.17, 15) is 18.5 Å². The van der Waals surface area contributed by atoms with E-state index in [0.717, 1.165) is 24.1 Å². The molecule has 2 aliphatic carbocycles. The first-order chi connectivity index (χ1) is 16.3. The Morgan fingerprint density at radius 1 is 1.26 bits per heavy atom. The van der Waals surface area contributed by atoms with Gasteiger partial charge in [-0.3, -0.25) is 9.78 Å². The van der Waals surface area contributed by atoms with Crippen molar-refractivity contribution < 1.29 is 17.9 Å². The minimum atomic E-state index is -3.27. The van der Waals surface area contributed by atoms with Crippen molar-refractivity contribution in [1.29, 1.82) is 5.26 Å². The molecule has 0 spiro atoms. The molecule has 7 nitrogen and oxygen atoms in total. The molecule has 0 aromatic carbocycles. The van der Waals surface area contributed by atoms with E-state index >= 15 is 0 Å². The van der Waals surface area contributed by atoms with Gasteiger partial charge in [-0.2, -0.15) is 5.26 Å². The number of sulfone groups is 1. The molecule has 1 aromatic heterocycles. The number of nitriles is 1. The third-order valence-corrected chi connectivity index (χ3v) is 8.13. The summed E-state index contributed by atoms with van der Waals surface area (Å²) in [5, 5.41) is 12.0. The van der Waals surface area contributed by atoms with Crippen LogP contribution >= 0.6 is 0 Å². The van der Waals surface area contributed by atoms with Crippen LogP contribution in [0.3, 0.4) is 0 Å². The average molecular weight is 480 g/mol. The fourth-order valence-electron chi connectivity index (χ4n) is 4.64. The van der Waals surface area contributed by atoms with Gasteiger partial charge in [0.05, 0.1) is 16.5 Å². The number of pyridine rings is 1. The molecule has 1 aromatic rings. The van der Waals surface area contributed by atoms with E-state index in [2.05, 4.69) is 23.3 Å². The lowest BCUT2D eigenvalue weighted by molar-refractivity contribution is -0.116. The summed E-state index contributed by atoms with van der Waals surface area (Å²) in [7, 11) is -3.27. The number of ether oxygens (including phenoxy) is 1. The Balaban J connectivity index is 1.52. The minimum Gasteiger partial charge on any atom is -0.381 e. The van der Waals surface area contributed by atoms with E-state index < -0.39 is 15.1 Å². The molecule has 1 amide bonds. The quantitative estimate of drug-likeness (QED) is 0.693. The molecular formula is C26H29N3O4S. The molecule has 4 rings (SSSR count). The van der Waals surface area contributed by atoms with Gasteiger partial charge in [0.1, 0.15) is 6.07 Å². The number of allylic oxidation sites excluding steroid dienone is 5. The van der Waals surface area contributed by atoms with Crippen molar-refractivity contribution >= 4 is 15.7 Å². The normalized spacial score (nSPS) is 25.3. The molecule has 34 heavy (non-hydrogen) atoms. The van der Waals surface area contributed by atoms with Crippen LogP contribution in [0.4, 0.5) is 0 Å². The van der Waals surface area contributed by atoms with E-state index in [1.54, 1.807) is 18.2 Å². The van der Waals surface area contributed by atoms with Crippen LogP contribution in [0.15, 0.2) is 60.0 Å². The topological polar surface area (TPSA) is 109 Å². The van der Waals surface area contributed by atoms with Gasteiger partial charge in [-0.15, -0.1) is 0 Å². The molecule has 0 radical (unpaired) electrons. The number of nitrogens with zero attached hydrogens (tertiary/aromatic N) is 2. The average Bonchev–Trinajstić information content (AvgIpc) is 2.85. The number of aromatic nitrogens is 1. The second-order valence-electron chi connectivity index (χ2n) is 9.17. The summed E-state index contributed by atoms with van der Waals surface area (Å²) in [6, 6.07) is 4.23. The van der Waals surface area contributed by atoms with Gasteiger partial charge in [-0.25, -0.2) is 8.42 Å². The van der Waals surface area contributed by atoms with Crippen LogP contribution in [0, 0.1) is 17.2 Å². The maximum atomic E-state index is 12.8. The zero-order chi connectivity index (χ0) is 24.3. The molecule has 8 heteroatoms. The van der Waals surface area contributed by atoms with E-state index in [0.29, 0.717) is 30.0 Å². The van der Waals surface area contributed by atoms with Gasteiger partial charge < -0.3 is 10.1 Å². The van der Waals surface area contributed by atoms with E-state index in [4.69, 9.17) is 4.74 Å². The number of nitrogens with one attached hydrogen (secondary N) is 1. The summed E-state index contributed by atoms with van der Waals surface area (Å²) in [5.74, 6) is 0.0370. The van der Waals surface area contributed by atoms with Crippen molar-refractivity contribution in [1.82, 2.24) is 10.3 Å². The predicted octanol–water partition coefficient (Wildman–Crippen LogP) is 3.44. The number of rotatable bonds is 5. The first kappa shape index (κ1) is 24.1. The predicted molar refractivity (Wildman–Crippen MR) is 129 cm³/mol. The maximum Gasteiger partial charge on any atom is 0.251 e. The van der Waals surface area contributed by atoms with Crippen molar-refractivity contribution in [2.45, 2.75) is 43.3 Å². The summed E-state index contributed by atoms with van der Waals surface area (Å²) in [5.41, 5.74) is 3.43. The number of hydrogen-bond donors (Lipinski definition) is 1. The highest BCUT2D eigenvalue weighted by atomic mass is 32.2.